The van der Waals surface area contributed by atoms with Gasteiger partial charge in [-0.1, -0.05) is 0 Å². The maximum atomic E-state index is 7.34. The van der Waals surface area contributed by atoms with Crippen molar-refractivity contribution in [3.05, 3.63) is 40.7 Å². The van der Waals surface area contributed by atoms with Crippen molar-refractivity contribution in [3.8, 4) is 0 Å². The fourth-order valence-corrected chi connectivity index (χ4v) is 2.69. The molecular formula is C11H13N6S+. The van der Waals surface area contributed by atoms with Gasteiger partial charge >= 0.3 is 5.65 Å². The molecule has 3 aromatic rings. The van der Waals surface area contributed by atoms with Gasteiger partial charge in [-0.25, -0.2) is 14.2 Å². The van der Waals surface area contributed by atoms with Crippen LogP contribution in [0.15, 0.2) is 30.0 Å². The largest absolute Gasteiger partial charge is 0.382 e. The molecule has 92 valence electrons. The Morgan fingerprint density at radius 1 is 1.56 bits per heavy atom. The second-order valence-electron chi connectivity index (χ2n) is 4.06. The number of thiazole rings is 1. The maximum absolute atomic E-state index is 7.34. The zero-order chi connectivity index (χ0) is 12.7. The number of nitrogens with zero attached hydrogens (tertiary/aromatic N) is 4. The number of imidazole rings is 1. The Balaban J connectivity index is 1.93. The van der Waals surface area contributed by atoms with Gasteiger partial charge in [0.05, 0.1) is 0 Å². The summed E-state index contributed by atoms with van der Waals surface area (Å²) in [5.74, 6) is 0.0178. The fraction of sp³-hybridized carbons (Fsp3) is 0.182. The number of fused-ring (bicyclic) bond motifs is 1. The average molecular weight is 261 g/mol. The van der Waals surface area contributed by atoms with E-state index in [0.717, 1.165) is 10.7 Å². The van der Waals surface area contributed by atoms with E-state index in [0.29, 0.717) is 12.2 Å². The summed E-state index contributed by atoms with van der Waals surface area (Å²) in [5.41, 5.74) is 7.07. The minimum atomic E-state index is 0.0178. The normalized spacial score (nSPS) is 11.2. The molecule has 6 nitrogen and oxygen atoms in total. The van der Waals surface area contributed by atoms with Gasteiger partial charge < -0.3 is 5.73 Å². The minimum absolute atomic E-state index is 0.0178. The monoisotopic (exact) mass is 261 g/mol. The van der Waals surface area contributed by atoms with Crippen LogP contribution < -0.4 is 10.3 Å². The molecular weight excluding hydrogens is 248 g/mol. The summed E-state index contributed by atoms with van der Waals surface area (Å²) in [6, 6.07) is 2.06. The molecule has 0 aliphatic carbocycles. The molecule has 0 atom stereocenters. The van der Waals surface area contributed by atoms with Gasteiger partial charge in [0.1, 0.15) is 29.3 Å². The second kappa shape index (κ2) is 3.95. The van der Waals surface area contributed by atoms with Crippen LogP contribution in [-0.2, 0) is 13.6 Å². The number of hydrogen-bond acceptors (Lipinski definition) is 3. The number of nitrogen functional groups attached to an aromatic ring is 1. The number of hydrogen-bond donors (Lipinski definition) is 2. The molecule has 0 aliphatic heterocycles. The van der Waals surface area contributed by atoms with Crippen LogP contribution in [0.4, 0.5) is 0 Å². The third-order valence-corrected chi connectivity index (χ3v) is 3.66. The van der Waals surface area contributed by atoms with E-state index in [1.54, 1.807) is 0 Å². The molecule has 0 bridgehead atoms. The molecule has 0 radical (unpaired) electrons. The molecule has 0 amide bonds. The number of rotatable bonds is 3. The topological polar surface area (TPSA) is 76.0 Å². The van der Waals surface area contributed by atoms with Gasteiger partial charge in [-0.2, -0.15) is 0 Å². The predicted octanol–water partition coefficient (Wildman–Crippen LogP) is 0.354. The molecule has 0 spiro atoms. The maximum Gasteiger partial charge on any atom is 0.307 e. The molecule has 3 heterocycles. The van der Waals surface area contributed by atoms with E-state index in [-0.39, 0.29) is 5.84 Å². The molecule has 3 aromatic heterocycles. The molecule has 0 fully saturated rings. The first kappa shape index (κ1) is 11.0. The molecule has 0 aromatic carbocycles. The summed E-state index contributed by atoms with van der Waals surface area (Å²) in [5, 5.41) is 10.1. The number of aryl methyl sites for hydroxylation is 1. The molecule has 18 heavy (non-hydrogen) atoms. The van der Waals surface area contributed by atoms with E-state index >= 15 is 0 Å². The van der Waals surface area contributed by atoms with Crippen molar-refractivity contribution < 1.29 is 4.57 Å². The van der Waals surface area contributed by atoms with Crippen molar-refractivity contribution in [1.82, 2.24) is 14.2 Å². The third kappa shape index (κ3) is 1.68. The molecule has 3 N–H and O–H groups in total. The number of aromatic nitrogens is 4. The summed E-state index contributed by atoms with van der Waals surface area (Å²) < 4.78 is 6.18. The first-order valence-corrected chi connectivity index (χ1v) is 6.34. The zero-order valence-electron chi connectivity index (χ0n) is 9.87. The van der Waals surface area contributed by atoms with E-state index in [9.17, 15) is 0 Å². The van der Waals surface area contributed by atoms with Gasteiger partial charge in [-0.05, 0) is 0 Å². The van der Waals surface area contributed by atoms with Crippen LogP contribution in [0, 0.1) is 5.41 Å². The quantitative estimate of drug-likeness (QED) is 0.405. The van der Waals surface area contributed by atoms with Gasteiger partial charge in [0.2, 0.25) is 0 Å². The average Bonchev–Trinajstić information content (AvgIpc) is 2.99. The lowest BCUT2D eigenvalue weighted by Gasteiger charge is -1.92. The summed E-state index contributed by atoms with van der Waals surface area (Å²) in [6.45, 7) is 0.693. The summed E-state index contributed by atoms with van der Waals surface area (Å²) in [7, 11) is 1.99. The summed E-state index contributed by atoms with van der Waals surface area (Å²) >= 11 is 1.52. The van der Waals surface area contributed by atoms with Crippen LogP contribution in [0.25, 0.3) is 5.65 Å². The molecule has 3 rings (SSSR count). The molecule has 0 aliphatic rings. The van der Waals surface area contributed by atoms with Crippen LogP contribution in [0.5, 0.6) is 0 Å². The van der Waals surface area contributed by atoms with E-state index in [1.165, 1.54) is 11.3 Å². The van der Waals surface area contributed by atoms with Crippen LogP contribution >= 0.6 is 11.3 Å². The molecule has 0 unspecified atom stereocenters. The van der Waals surface area contributed by atoms with Crippen LogP contribution in [0.1, 0.15) is 10.7 Å². The van der Waals surface area contributed by atoms with Crippen molar-refractivity contribution in [2.45, 2.75) is 6.54 Å². The highest BCUT2D eigenvalue weighted by molar-refractivity contribution is 7.09. The van der Waals surface area contributed by atoms with E-state index in [4.69, 9.17) is 11.1 Å². The fourth-order valence-electron chi connectivity index (χ4n) is 1.90. The Morgan fingerprint density at radius 3 is 3.11 bits per heavy atom. The lowest BCUT2D eigenvalue weighted by molar-refractivity contribution is -0.661. The van der Waals surface area contributed by atoms with Crippen molar-refractivity contribution in [3.63, 3.8) is 0 Å². The summed E-state index contributed by atoms with van der Waals surface area (Å²) in [6.07, 6.45) is 6.04. The van der Waals surface area contributed by atoms with Gasteiger partial charge in [0.15, 0.2) is 6.20 Å². The Labute approximate surface area is 107 Å². The molecule has 0 saturated carbocycles. The SMILES string of the molecule is Cn1ccc2n1cc[n+]2Cc1nc(C(=N)N)cs1. The second-order valence-corrected chi connectivity index (χ2v) is 5.00. The van der Waals surface area contributed by atoms with E-state index in [2.05, 4.69) is 20.1 Å². The standard InChI is InChI=1S/C11H13N6S/c1-15-3-2-10-16(4-5-17(10)15)6-9-14-8(7-18-9)11(12)13/h2-5,7H,6H2,1H3,(H3,12,13)/q+1. The van der Waals surface area contributed by atoms with Gasteiger partial charge in [0.25, 0.3) is 0 Å². The first-order valence-electron chi connectivity index (χ1n) is 5.46. The van der Waals surface area contributed by atoms with E-state index in [1.807, 2.05) is 35.7 Å². The predicted molar refractivity (Wildman–Crippen MR) is 68.8 cm³/mol. The molecule has 7 heteroatoms. The number of amidine groups is 1. The van der Waals surface area contributed by atoms with Crippen molar-refractivity contribution in [2.75, 3.05) is 0 Å². The van der Waals surface area contributed by atoms with Crippen LogP contribution in [-0.4, -0.2) is 20.0 Å². The van der Waals surface area contributed by atoms with Gasteiger partial charge in [0, 0.05) is 24.7 Å². The van der Waals surface area contributed by atoms with E-state index < -0.39 is 0 Å². The Bertz CT molecular complexity index is 719. The Kier molecular flexibility index (Phi) is 2.41. The van der Waals surface area contributed by atoms with Crippen molar-refractivity contribution >= 4 is 22.8 Å². The smallest absolute Gasteiger partial charge is 0.307 e. The Hall–Kier alpha value is -2.15. The first-order chi connectivity index (χ1) is 8.65. The van der Waals surface area contributed by atoms with Crippen molar-refractivity contribution in [2.24, 2.45) is 12.8 Å². The lowest BCUT2D eigenvalue weighted by Crippen LogP contribution is -2.32. The lowest BCUT2D eigenvalue weighted by atomic mass is 10.4. The van der Waals surface area contributed by atoms with Crippen LogP contribution in [0.2, 0.25) is 0 Å². The minimum Gasteiger partial charge on any atom is -0.382 e. The van der Waals surface area contributed by atoms with Gasteiger partial charge in [-0.15, -0.1) is 15.9 Å². The number of nitrogens with two attached hydrogens (primary N) is 1. The van der Waals surface area contributed by atoms with Crippen LogP contribution in [0.3, 0.4) is 0 Å². The van der Waals surface area contributed by atoms with Gasteiger partial charge in [-0.3, -0.25) is 5.41 Å². The highest BCUT2D eigenvalue weighted by atomic mass is 32.1. The van der Waals surface area contributed by atoms with Crippen molar-refractivity contribution in [1.29, 1.82) is 5.41 Å². The highest BCUT2D eigenvalue weighted by Crippen LogP contribution is 2.09. The number of nitrogens with one attached hydrogen (secondary N) is 1. The third-order valence-electron chi connectivity index (χ3n) is 2.83. The summed E-state index contributed by atoms with van der Waals surface area (Å²) in [4.78, 5) is 4.33. The molecule has 0 saturated heterocycles. The zero-order valence-corrected chi connectivity index (χ0v) is 10.7. The Morgan fingerprint density at radius 2 is 2.39 bits per heavy atom. The highest BCUT2D eigenvalue weighted by Gasteiger charge is 2.14.